The summed E-state index contributed by atoms with van der Waals surface area (Å²) in [5.74, 6) is 0.408. The number of thiazole rings is 1. The Bertz CT molecular complexity index is 1700. The lowest BCUT2D eigenvalue weighted by Crippen LogP contribution is -2.40. The molecule has 1 atom stereocenters. The van der Waals surface area contributed by atoms with Gasteiger partial charge in [-0.1, -0.05) is 79.8 Å². The number of halogens is 2. The van der Waals surface area contributed by atoms with Gasteiger partial charge in [0.05, 0.1) is 32.9 Å². The van der Waals surface area contributed by atoms with Crippen molar-refractivity contribution < 1.29 is 13.9 Å². The molecule has 0 spiro atoms. The number of furan rings is 1. The molecule has 4 aromatic rings. The van der Waals surface area contributed by atoms with Gasteiger partial charge in [0.1, 0.15) is 5.76 Å². The molecule has 1 aliphatic rings. The van der Waals surface area contributed by atoms with Crippen molar-refractivity contribution in [2.75, 3.05) is 6.61 Å². The standard InChI is InChI=1S/C29H24BrIN2O4S/c1-4-36-28(35)23-24(18-8-6-5-7-9-18)32-29-33(25(23)19-12-10-17(11-13-19)16(2)3)27(34)22(38-29)15-20-14-21(30)26(31)37-20/h5-16,25H,4H2,1-3H3. The van der Waals surface area contributed by atoms with Crippen LogP contribution in [0.1, 0.15) is 55.2 Å². The Morgan fingerprint density at radius 1 is 1.21 bits per heavy atom. The summed E-state index contributed by atoms with van der Waals surface area (Å²) >= 11 is 6.81. The molecule has 3 heterocycles. The Balaban J connectivity index is 1.81. The van der Waals surface area contributed by atoms with Crippen LogP contribution in [0.2, 0.25) is 0 Å². The van der Waals surface area contributed by atoms with E-state index in [1.54, 1.807) is 17.6 Å². The molecule has 0 amide bonds. The van der Waals surface area contributed by atoms with Crippen LogP contribution in [-0.2, 0) is 9.53 Å². The summed E-state index contributed by atoms with van der Waals surface area (Å²) in [6.07, 6.45) is 1.71. The van der Waals surface area contributed by atoms with Crippen LogP contribution in [0.15, 0.2) is 84.9 Å². The SMILES string of the molecule is CCOC(=O)C1=C(c2ccccc2)N=c2sc(=Cc3cc(Br)c(I)o3)c(=O)n2C1c1ccc(C(C)C)cc1. The van der Waals surface area contributed by atoms with Gasteiger partial charge in [0.15, 0.2) is 8.57 Å². The van der Waals surface area contributed by atoms with Gasteiger partial charge in [-0.2, -0.15) is 0 Å². The summed E-state index contributed by atoms with van der Waals surface area (Å²) in [7, 11) is 0. The molecule has 194 valence electrons. The number of fused-ring (bicyclic) bond motifs is 1. The predicted molar refractivity (Wildman–Crippen MR) is 161 cm³/mol. The maximum absolute atomic E-state index is 13.9. The van der Waals surface area contributed by atoms with Gasteiger partial charge in [0.2, 0.25) is 0 Å². The smallest absolute Gasteiger partial charge is 0.338 e. The van der Waals surface area contributed by atoms with Gasteiger partial charge in [0, 0.05) is 34.2 Å². The second-order valence-corrected chi connectivity index (χ2v) is 11.9. The summed E-state index contributed by atoms with van der Waals surface area (Å²) in [5, 5.41) is 0. The van der Waals surface area contributed by atoms with Gasteiger partial charge in [-0.05, 0) is 46.0 Å². The van der Waals surface area contributed by atoms with Crippen LogP contribution in [0.4, 0.5) is 0 Å². The summed E-state index contributed by atoms with van der Waals surface area (Å²) in [6, 6.07) is 18.7. The van der Waals surface area contributed by atoms with Crippen LogP contribution in [0.5, 0.6) is 0 Å². The normalized spacial score (nSPS) is 15.5. The first-order chi connectivity index (χ1) is 18.3. The average molecular weight is 703 g/mol. The third kappa shape index (κ3) is 5.11. The number of ether oxygens (including phenoxy) is 1. The maximum Gasteiger partial charge on any atom is 0.338 e. The van der Waals surface area contributed by atoms with Gasteiger partial charge >= 0.3 is 5.97 Å². The Morgan fingerprint density at radius 3 is 2.53 bits per heavy atom. The Morgan fingerprint density at radius 2 is 1.92 bits per heavy atom. The highest BCUT2D eigenvalue weighted by molar-refractivity contribution is 14.1. The molecule has 0 fully saturated rings. The van der Waals surface area contributed by atoms with Gasteiger partial charge in [-0.25, -0.2) is 9.79 Å². The summed E-state index contributed by atoms with van der Waals surface area (Å²) < 4.78 is 14.9. The van der Waals surface area contributed by atoms with E-state index >= 15 is 0 Å². The Hall–Kier alpha value is -2.76. The van der Waals surface area contributed by atoms with Gasteiger partial charge < -0.3 is 9.15 Å². The zero-order chi connectivity index (χ0) is 27.0. The first kappa shape index (κ1) is 26.8. The molecule has 1 unspecified atom stereocenters. The van der Waals surface area contributed by atoms with E-state index in [2.05, 4.69) is 52.4 Å². The van der Waals surface area contributed by atoms with E-state index < -0.39 is 12.0 Å². The number of nitrogens with zero attached hydrogens (tertiary/aromatic N) is 2. The number of hydrogen-bond donors (Lipinski definition) is 0. The number of esters is 1. The number of carbonyl (C=O) groups excluding carboxylic acids is 1. The highest BCUT2D eigenvalue weighted by Gasteiger charge is 2.35. The van der Waals surface area contributed by atoms with E-state index in [1.807, 2.05) is 60.7 Å². The highest BCUT2D eigenvalue weighted by Crippen LogP contribution is 2.35. The first-order valence-corrected chi connectivity index (χ1v) is 14.8. The van der Waals surface area contributed by atoms with Crippen LogP contribution in [-0.4, -0.2) is 17.1 Å². The fraction of sp³-hybridized carbons (Fsp3) is 0.207. The lowest BCUT2D eigenvalue weighted by molar-refractivity contribution is -0.138. The minimum atomic E-state index is -0.702. The van der Waals surface area contributed by atoms with Crippen molar-refractivity contribution in [3.8, 4) is 0 Å². The highest BCUT2D eigenvalue weighted by atomic mass is 127. The van der Waals surface area contributed by atoms with Gasteiger partial charge in [0.25, 0.3) is 5.56 Å². The first-order valence-electron chi connectivity index (χ1n) is 12.1. The molecule has 0 bridgehead atoms. The lowest BCUT2D eigenvalue weighted by Gasteiger charge is -2.26. The van der Waals surface area contributed by atoms with Crippen LogP contribution < -0.4 is 14.9 Å². The lowest BCUT2D eigenvalue weighted by atomic mass is 9.91. The summed E-state index contributed by atoms with van der Waals surface area (Å²) in [5.41, 5.74) is 3.35. The van der Waals surface area contributed by atoms with Gasteiger partial charge in [-0.3, -0.25) is 9.36 Å². The molecular weight excluding hydrogens is 679 g/mol. The minimum Gasteiger partial charge on any atom is -0.463 e. The zero-order valence-electron chi connectivity index (χ0n) is 20.9. The van der Waals surface area contributed by atoms with Crippen molar-refractivity contribution in [2.45, 2.75) is 32.7 Å². The van der Waals surface area contributed by atoms with Crippen molar-refractivity contribution in [3.05, 3.63) is 117 Å². The van der Waals surface area contributed by atoms with Crippen LogP contribution in [0, 0.1) is 3.77 Å². The Labute approximate surface area is 245 Å². The monoisotopic (exact) mass is 702 g/mol. The average Bonchev–Trinajstić information content (AvgIpc) is 3.40. The maximum atomic E-state index is 13.9. The summed E-state index contributed by atoms with van der Waals surface area (Å²) in [4.78, 5) is 32.8. The molecule has 0 N–H and O–H groups in total. The molecular formula is C29H24BrIN2O4S. The minimum absolute atomic E-state index is 0.208. The summed E-state index contributed by atoms with van der Waals surface area (Å²) in [6.45, 7) is 6.23. The molecule has 1 aliphatic heterocycles. The fourth-order valence-electron chi connectivity index (χ4n) is 4.38. The zero-order valence-corrected chi connectivity index (χ0v) is 25.5. The van der Waals surface area contributed by atoms with Crippen molar-refractivity contribution in [1.82, 2.24) is 4.57 Å². The number of benzene rings is 2. The Kier molecular flexibility index (Phi) is 7.88. The third-order valence-corrected chi connectivity index (χ3v) is 9.34. The van der Waals surface area contributed by atoms with E-state index in [0.717, 1.165) is 15.6 Å². The topological polar surface area (TPSA) is 73.8 Å². The van der Waals surface area contributed by atoms with Crippen LogP contribution >= 0.6 is 49.9 Å². The number of hydrogen-bond acceptors (Lipinski definition) is 6. The van der Waals surface area contributed by atoms with Gasteiger partial charge in [-0.15, -0.1) is 0 Å². The third-order valence-electron chi connectivity index (χ3n) is 6.23. The fourth-order valence-corrected chi connectivity index (χ4v) is 6.08. The van der Waals surface area contributed by atoms with Crippen LogP contribution in [0.25, 0.3) is 11.8 Å². The second-order valence-electron chi connectivity index (χ2n) is 9.02. The molecule has 0 saturated heterocycles. The van der Waals surface area contributed by atoms with E-state index in [4.69, 9.17) is 14.1 Å². The number of rotatable bonds is 6. The van der Waals surface area contributed by atoms with E-state index in [9.17, 15) is 9.59 Å². The van der Waals surface area contributed by atoms with Crippen LogP contribution in [0.3, 0.4) is 0 Å². The number of aromatic nitrogens is 1. The van der Waals surface area contributed by atoms with Crippen molar-refractivity contribution >= 4 is 67.6 Å². The molecule has 2 aromatic carbocycles. The molecule has 2 aromatic heterocycles. The van der Waals surface area contributed by atoms with E-state index in [-0.39, 0.29) is 12.2 Å². The van der Waals surface area contributed by atoms with Crippen molar-refractivity contribution in [3.63, 3.8) is 0 Å². The second kappa shape index (κ2) is 11.2. The number of carbonyl (C=O) groups is 1. The molecule has 38 heavy (non-hydrogen) atoms. The predicted octanol–water partition coefficient (Wildman–Crippen LogP) is 6.02. The van der Waals surface area contributed by atoms with E-state index in [0.29, 0.717) is 36.0 Å². The quantitative estimate of drug-likeness (QED) is 0.182. The molecule has 0 saturated carbocycles. The van der Waals surface area contributed by atoms with E-state index in [1.165, 1.54) is 16.9 Å². The van der Waals surface area contributed by atoms with Crippen molar-refractivity contribution in [1.29, 1.82) is 0 Å². The molecule has 9 heteroatoms. The van der Waals surface area contributed by atoms with Crippen molar-refractivity contribution in [2.24, 2.45) is 4.99 Å². The molecule has 0 aliphatic carbocycles. The largest absolute Gasteiger partial charge is 0.463 e. The molecule has 6 nitrogen and oxygen atoms in total. The molecule has 5 rings (SSSR count). The molecule has 0 radical (unpaired) electrons.